The summed E-state index contributed by atoms with van der Waals surface area (Å²) in [6.07, 6.45) is 12.3. The lowest BCUT2D eigenvalue weighted by Crippen LogP contribution is -2.54. The van der Waals surface area contributed by atoms with Gasteiger partial charge in [-0.2, -0.15) is 0 Å². The van der Waals surface area contributed by atoms with E-state index in [0.29, 0.717) is 12.8 Å². The van der Waals surface area contributed by atoms with Gasteiger partial charge in [0.2, 0.25) is 0 Å². The van der Waals surface area contributed by atoms with Crippen LogP contribution in [0.2, 0.25) is 12.8 Å². The van der Waals surface area contributed by atoms with E-state index in [2.05, 4.69) is 104 Å². The number of rotatable bonds is 18. The van der Waals surface area contributed by atoms with Crippen LogP contribution < -0.4 is 0 Å². The summed E-state index contributed by atoms with van der Waals surface area (Å²) in [5.74, 6) is 4.80. The van der Waals surface area contributed by atoms with Gasteiger partial charge in [-0.05, 0) is 35.5 Å². The standard InChI is InChI=1S/3C11H23.Al/c3*1-6-7-8-10(4)11(5)9(2)3;/h3*10-11H,6-8H2,1-5H3;. The van der Waals surface area contributed by atoms with Gasteiger partial charge in [0.1, 0.15) is 0 Å². The molecule has 0 aliphatic carbocycles. The van der Waals surface area contributed by atoms with Crippen molar-refractivity contribution in [2.45, 2.75) is 174 Å². The molecule has 0 aromatic rings. The Morgan fingerprint density at radius 3 is 0.824 bits per heavy atom. The van der Waals surface area contributed by atoms with E-state index in [1.807, 2.05) is 0 Å². The minimum atomic E-state index is -1.30. The van der Waals surface area contributed by atoms with Gasteiger partial charge in [-0.3, -0.25) is 0 Å². The summed E-state index contributed by atoms with van der Waals surface area (Å²) in [5, 5.41) is 0. The van der Waals surface area contributed by atoms with Gasteiger partial charge < -0.3 is 0 Å². The molecular formula is C33H69Al. The predicted octanol–water partition coefficient (Wildman–Crippen LogP) is 12.2. The zero-order chi connectivity index (χ0) is 26.9. The second-order valence-corrected chi connectivity index (χ2v) is 20.0. The largest absolute Gasteiger partial charge is 0.282 e. The third-order valence-corrected chi connectivity index (χ3v) is 17.4. The molecule has 0 fully saturated rings. The first kappa shape index (κ1) is 34.5. The van der Waals surface area contributed by atoms with E-state index in [-0.39, 0.29) is 0 Å². The van der Waals surface area contributed by atoms with Gasteiger partial charge in [-0.1, -0.05) is 174 Å². The summed E-state index contributed by atoms with van der Waals surface area (Å²) in [6, 6.07) is 0. The van der Waals surface area contributed by atoms with E-state index < -0.39 is 14.1 Å². The van der Waals surface area contributed by atoms with Crippen molar-refractivity contribution < 1.29 is 0 Å². The van der Waals surface area contributed by atoms with E-state index in [9.17, 15) is 0 Å². The number of hydrogen-bond acceptors (Lipinski definition) is 0. The van der Waals surface area contributed by atoms with Crippen LogP contribution in [0.1, 0.15) is 162 Å². The van der Waals surface area contributed by atoms with E-state index >= 15 is 0 Å². The van der Waals surface area contributed by atoms with Gasteiger partial charge in [0.15, 0.2) is 0 Å². The molecular weight excluding hydrogens is 423 g/mol. The second kappa shape index (κ2) is 15.1. The van der Waals surface area contributed by atoms with Gasteiger partial charge in [0, 0.05) is 0 Å². The van der Waals surface area contributed by atoms with E-state index in [1.54, 1.807) is 0 Å². The molecule has 0 saturated heterocycles. The van der Waals surface area contributed by atoms with Crippen molar-refractivity contribution in [1.29, 1.82) is 0 Å². The Kier molecular flexibility index (Phi) is 15.3. The van der Waals surface area contributed by atoms with E-state index in [4.69, 9.17) is 0 Å². The van der Waals surface area contributed by atoms with Crippen LogP contribution in [0.4, 0.5) is 0 Å². The van der Waals surface area contributed by atoms with Crippen LogP contribution in [0.3, 0.4) is 0 Å². The van der Waals surface area contributed by atoms with Crippen molar-refractivity contribution >= 4 is 14.1 Å². The highest BCUT2D eigenvalue weighted by molar-refractivity contribution is 6.68. The molecule has 0 aliphatic rings. The first-order valence-corrected chi connectivity index (χ1v) is 17.3. The van der Waals surface area contributed by atoms with Crippen molar-refractivity contribution in [3.63, 3.8) is 0 Å². The first-order valence-electron chi connectivity index (χ1n) is 15.5. The van der Waals surface area contributed by atoms with Crippen molar-refractivity contribution in [3.05, 3.63) is 0 Å². The molecule has 0 amide bonds. The first-order chi connectivity index (χ1) is 15.5. The Bertz CT molecular complexity index is 455. The summed E-state index contributed by atoms with van der Waals surface area (Å²) in [7, 11) is 0. The smallest absolute Gasteiger partial charge is 0.0725 e. The molecule has 0 saturated carbocycles. The average Bonchev–Trinajstić information content (AvgIpc) is 2.76. The highest BCUT2D eigenvalue weighted by Crippen LogP contribution is 2.64. The zero-order valence-corrected chi connectivity index (χ0v) is 28.1. The average molecular weight is 493 g/mol. The Morgan fingerprint density at radius 2 is 0.647 bits per heavy atom. The lowest BCUT2D eigenvalue weighted by molar-refractivity contribution is 0.218. The van der Waals surface area contributed by atoms with Gasteiger partial charge >= 0.3 is 0 Å². The molecule has 0 aromatic heterocycles. The Hall–Kier alpha value is 0.532. The highest BCUT2D eigenvalue weighted by Gasteiger charge is 2.59. The van der Waals surface area contributed by atoms with Crippen LogP contribution in [0, 0.1) is 35.5 Å². The lowest BCUT2D eigenvalue weighted by Gasteiger charge is -2.57. The van der Waals surface area contributed by atoms with Crippen LogP contribution in [0.25, 0.3) is 0 Å². The predicted molar refractivity (Wildman–Crippen MR) is 161 cm³/mol. The van der Waals surface area contributed by atoms with Crippen molar-refractivity contribution in [3.8, 4) is 0 Å². The molecule has 0 rings (SSSR count). The van der Waals surface area contributed by atoms with E-state index in [1.165, 1.54) is 57.8 Å². The van der Waals surface area contributed by atoms with Gasteiger partial charge in [0.25, 0.3) is 14.1 Å². The molecule has 6 unspecified atom stereocenters. The van der Waals surface area contributed by atoms with Gasteiger partial charge in [-0.25, -0.2) is 0 Å². The molecule has 0 heterocycles. The third kappa shape index (κ3) is 8.83. The SMILES string of the molecule is CCCCC(C)C(C)[C](C)(C)[Al]([C](C)(C)C(C)C(C)CCCC)[C](C)(C)C(C)C(C)CCCC. The molecule has 204 valence electrons. The summed E-state index contributed by atoms with van der Waals surface area (Å²) in [4.78, 5) is 0. The van der Waals surface area contributed by atoms with Crippen LogP contribution in [-0.2, 0) is 0 Å². The minimum Gasteiger partial charge on any atom is -0.0725 e. The molecule has 0 radical (unpaired) electrons. The van der Waals surface area contributed by atoms with Crippen molar-refractivity contribution in [1.82, 2.24) is 0 Å². The summed E-state index contributed by atoms with van der Waals surface area (Å²) < 4.78 is 1.28. The van der Waals surface area contributed by atoms with Gasteiger partial charge in [0.05, 0.1) is 0 Å². The van der Waals surface area contributed by atoms with Crippen molar-refractivity contribution in [2.75, 3.05) is 0 Å². The summed E-state index contributed by atoms with van der Waals surface area (Å²) in [5.41, 5.74) is 0. The molecule has 1 heteroatoms. The monoisotopic (exact) mass is 493 g/mol. The zero-order valence-electron chi connectivity index (χ0n) is 26.9. The maximum absolute atomic E-state index is 2.72. The molecule has 0 aliphatic heterocycles. The molecule has 0 bridgehead atoms. The molecule has 0 aromatic carbocycles. The van der Waals surface area contributed by atoms with E-state index in [0.717, 1.165) is 35.5 Å². The fourth-order valence-corrected chi connectivity index (χ4v) is 16.5. The fourth-order valence-electron chi connectivity index (χ4n) is 8.19. The van der Waals surface area contributed by atoms with Crippen molar-refractivity contribution in [2.24, 2.45) is 35.5 Å². The third-order valence-electron chi connectivity index (χ3n) is 11.4. The normalized spacial score (nSPS) is 18.8. The Labute approximate surface area is 223 Å². The summed E-state index contributed by atoms with van der Waals surface area (Å²) >= 11 is -1.30. The maximum atomic E-state index is 2.72. The second-order valence-electron chi connectivity index (χ2n) is 14.6. The highest BCUT2D eigenvalue weighted by atomic mass is 27.2. The minimum absolute atomic E-state index is 0.428. The summed E-state index contributed by atoms with van der Waals surface area (Å²) in [6.45, 7) is 38.9. The topological polar surface area (TPSA) is 0 Å². The molecule has 0 N–H and O–H groups in total. The molecule has 0 nitrogen and oxygen atoms in total. The molecule has 34 heavy (non-hydrogen) atoms. The van der Waals surface area contributed by atoms with Crippen LogP contribution in [-0.4, -0.2) is 14.1 Å². The number of unbranched alkanes of at least 4 members (excludes halogenated alkanes) is 3. The van der Waals surface area contributed by atoms with Crippen LogP contribution in [0.5, 0.6) is 0 Å². The van der Waals surface area contributed by atoms with Gasteiger partial charge in [-0.15, -0.1) is 0 Å². The Morgan fingerprint density at radius 1 is 0.441 bits per heavy atom. The fraction of sp³-hybridized carbons (Fsp3) is 1.00. The van der Waals surface area contributed by atoms with Crippen LogP contribution >= 0.6 is 0 Å². The molecule has 6 atom stereocenters. The Balaban J connectivity index is 6.48. The lowest BCUT2D eigenvalue weighted by atomic mass is 9.80. The maximum Gasteiger partial charge on any atom is 0.282 e. The quantitative estimate of drug-likeness (QED) is 0.167. The van der Waals surface area contributed by atoms with Crippen LogP contribution in [0.15, 0.2) is 0 Å². The molecule has 0 spiro atoms. The number of hydrogen-bond donors (Lipinski definition) is 0.